The number of carbonyl (C=O) groups is 2. The molecule has 1 amide bonds. The van der Waals surface area contributed by atoms with Gasteiger partial charge in [0.2, 0.25) is 5.71 Å². The Morgan fingerprint density at radius 1 is 1.30 bits per heavy atom. The number of carbonyl (C=O) groups excluding carboxylic acids is 2. The first kappa shape index (κ1) is 25.1. The molecule has 0 bridgehead atoms. The largest absolute Gasteiger partial charge is 0.755 e. The number of halogens is 2. The van der Waals surface area contributed by atoms with Crippen LogP contribution in [0.15, 0.2) is 34.7 Å². The van der Waals surface area contributed by atoms with E-state index in [4.69, 9.17) is 4.42 Å². The standard InChI is InChI=1S/C21H21FIN3O6S/c1-24-20(28)17-14-11-15(23)19(26(33(29)30)10-4-3-5-16(27)31-2)25-21(14)32-18(17)12-6-8-13(22)9-7-12/h6-9,11H,3-5,10H2,1-2H3,(H,24,28)(H,29,30)/p-1. The van der Waals surface area contributed by atoms with Gasteiger partial charge in [0.15, 0.2) is 5.82 Å². The third-order valence-corrected chi connectivity index (χ3v) is 6.32. The van der Waals surface area contributed by atoms with Gasteiger partial charge in [-0.25, -0.2) is 4.39 Å². The van der Waals surface area contributed by atoms with Crippen LogP contribution in [0.25, 0.3) is 22.4 Å². The van der Waals surface area contributed by atoms with Gasteiger partial charge >= 0.3 is 5.97 Å². The number of methoxy groups -OCH3 is 1. The van der Waals surface area contributed by atoms with E-state index < -0.39 is 23.0 Å². The highest BCUT2D eigenvalue weighted by atomic mass is 127. The van der Waals surface area contributed by atoms with Gasteiger partial charge in [-0.1, -0.05) is 0 Å². The van der Waals surface area contributed by atoms with Crippen molar-refractivity contribution in [2.75, 3.05) is 25.0 Å². The summed E-state index contributed by atoms with van der Waals surface area (Å²) in [6, 6.07) is 7.07. The summed E-state index contributed by atoms with van der Waals surface area (Å²) in [7, 11) is 2.76. The molecule has 1 N–H and O–H groups in total. The van der Waals surface area contributed by atoms with E-state index in [1.165, 1.54) is 38.4 Å². The number of nitrogens with one attached hydrogen (secondary N) is 1. The second-order valence-corrected chi connectivity index (χ2v) is 8.93. The smallest absolute Gasteiger partial charge is 0.305 e. The Hall–Kier alpha value is -2.58. The predicted molar refractivity (Wildman–Crippen MR) is 128 cm³/mol. The number of hydrogen-bond donors (Lipinski definition) is 1. The molecule has 12 heteroatoms. The van der Waals surface area contributed by atoms with E-state index in [1.807, 2.05) is 22.6 Å². The molecule has 0 radical (unpaired) electrons. The molecule has 0 spiro atoms. The molecule has 0 aliphatic carbocycles. The summed E-state index contributed by atoms with van der Waals surface area (Å²) in [5, 5.41) is 2.95. The molecule has 33 heavy (non-hydrogen) atoms. The summed E-state index contributed by atoms with van der Waals surface area (Å²) in [4.78, 5) is 28.3. The SMILES string of the molecule is CNC(=O)c1c(-c2ccc(F)cc2)oc2nc(N(CCCCC(=O)OC)S(=O)[O-])c(I)cc12. The van der Waals surface area contributed by atoms with E-state index in [0.29, 0.717) is 27.4 Å². The first-order chi connectivity index (χ1) is 15.8. The van der Waals surface area contributed by atoms with Gasteiger partial charge in [-0.05, 0) is 65.8 Å². The summed E-state index contributed by atoms with van der Waals surface area (Å²) < 4.78 is 49.2. The lowest BCUT2D eigenvalue weighted by molar-refractivity contribution is -0.140. The number of benzene rings is 1. The van der Waals surface area contributed by atoms with Gasteiger partial charge in [0.25, 0.3) is 5.91 Å². The Morgan fingerprint density at radius 2 is 2.00 bits per heavy atom. The quantitative estimate of drug-likeness (QED) is 0.176. The van der Waals surface area contributed by atoms with E-state index >= 15 is 0 Å². The van der Waals surface area contributed by atoms with Crippen molar-refractivity contribution in [3.63, 3.8) is 0 Å². The monoisotopic (exact) mass is 588 g/mol. The van der Waals surface area contributed by atoms with Gasteiger partial charge in [0.05, 0.1) is 21.6 Å². The highest BCUT2D eigenvalue weighted by Crippen LogP contribution is 2.36. The normalized spacial score (nSPS) is 11.9. The summed E-state index contributed by atoms with van der Waals surface area (Å²) >= 11 is -0.693. The number of hydrogen-bond acceptors (Lipinski definition) is 7. The molecule has 0 saturated heterocycles. The van der Waals surface area contributed by atoms with Crippen LogP contribution in [0.4, 0.5) is 10.2 Å². The molecular weight excluding hydrogens is 568 g/mol. The minimum Gasteiger partial charge on any atom is -0.755 e. The number of furan rings is 1. The van der Waals surface area contributed by atoms with Crippen LogP contribution in [0.2, 0.25) is 0 Å². The van der Waals surface area contributed by atoms with Crippen LogP contribution in [0.1, 0.15) is 29.6 Å². The van der Waals surface area contributed by atoms with Crippen LogP contribution in [0, 0.1) is 9.39 Å². The Bertz CT molecular complexity index is 1200. The van der Waals surface area contributed by atoms with Crippen LogP contribution < -0.4 is 9.62 Å². The fourth-order valence-electron chi connectivity index (χ4n) is 3.20. The van der Waals surface area contributed by atoms with Crippen molar-refractivity contribution in [3.8, 4) is 11.3 Å². The number of fused-ring (bicyclic) bond motifs is 1. The maximum absolute atomic E-state index is 13.4. The number of aromatic nitrogens is 1. The fraction of sp³-hybridized carbons (Fsp3) is 0.286. The molecule has 1 atom stereocenters. The van der Waals surface area contributed by atoms with Crippen LogP contribution in [-0.4, -0.2) is 46.3 Å². The molecule has 0 aliphatic rings. The van der Waals surface area contributed by atoms with Crippen molar-refractivity contribution in [2.24, 2.45) is 0 Å². The molecule has 3 rings (SSSR count). The zero-order chi connectivity index (χ0) is 24.1. The number of unbranched alkanes of at least 4 members (excludes halogenated alkanes) is 1. The summed E-state index contributed by atoms with van der Waals surface area (Å²) in [6.07, 6.45) is 1.02. The molecule has 176 valence electrons. The molecule has 2 heterocycles. The Kier molecular flexibility index (Phi) is 8.37. The van der Waals surface area contributed by atoms with Gasteiger partial charge in [0.1, 0.15) is 11.6 Å². The summed E-state index contributed by atoms with van der Waals surface area (Å²) in [5.41, 5.74) is 0.744. The average Bonchev–Trinajstić information content (AvgIpc) is 3.16. The van der Waals surface area contributed by atoms with Gasteiger partial charge in [-0.2, -0.15) is 4.98 Å². The van der Waals surface area contributed by atoms with Crippen molar-refractivity contribution in [3.05, 3.63) is 45.3 Å². The number of amides is 1. The summed E-state index contributed by atoms with van der Waals surface area (Å²) in [6.45, 7) is 0.0927. The topological polar surface area (TPSA) is 125 Å². The van der Waals surface area contributed by atoms with Crippen molar-refractivity contribution in [1.82, 2.24) is 10.3 Å². The van der Waals surface area contributed by atoms with Crippen LogP contribution >= 0.6 is 22.6 Å². The Balaban J connectivity index is 2.03. The second-order valence-electron chi connectivity index (χ2n) is 6.89. The number of esters is 1. The molecule has 9 nitrogen and oxygen atoms in total. The molecule has 0 saturated carbocycles. The predicted octanol–water partition coefficient (Wildman–Crippen LogP) is 3.54. The number of ether oxygens (including phenoxy) is 1. The maximum atomic E-state index is 13.4. The Labute approximate surface area is 205 Å². The van der Waals surface area contributed by atoms with Crippen LogP contribution in [0.5, 0.6) is 0 Å². The van der Waals surface area contributed by atoms with Gasteiger partial charge < -0.3 is 19.0 Å². The maximum Gasteiger partial charge on any atom is 0.305 e. The molecule has 2 aromatic heterocycles. The fourth-order valence-corrected chi connectivity index (χ4v) is 4.64. The highest BCUT2D eigenvalue weighted by molar-refractivity contribution is 14.1. The number of anilines is 1. The zero-order valence-electron chi connectivity index (χ0n) is 17.7. The van der Waals surface area contributed by atoms with Crippen LogP contribution in [0.3, 0.4) is 0 Å². The molecule has 1 unspecified atom stereocenters. The first-order valence-electron chi connectivity index (χ1n) is 9.81. The highest BCUT2D eigenvalue weighted by Gasteiger charge is 2.25. The van der Waals surface area contributed by atoms with Crippen molar-refractivity contribution >= 4 is 62.7 Å². The second kappa shape index (κ2) is 11.0. The minimum atomic E-state index is -2.63. The van der Waals surface area contributed by atoms with Crippen molar-refractivity contribution in [1.29, 1.82) is 0 Å². The van der Waals surface area contributed by atoms with Gasteiger partial charge in [-0.3, -0.25) is 18.1 Å². The molecule has 0 fully saturated rings. The Morgan fingerprint density at radius 3 is 2.61 bits per heavy atom. The number of pyridine rings is 1. The lowest BCUT2D eigenvalue weighted by Crippen LogP contribution is -2.28. The van der Waals surface area contributed by atoms with E-state index in [9.17, 15) is 22.7 Å². The van der Waals surface area contributed by atoms with Crippen molar-refractivity contribution < 1.29 is 31.9 Å². The van der Waals surface area contributed by atoms with E-state index in [0.717, 1.165) is 4.31 Å². The number of nitrogens with zero attached hydrogens (tertiary/aromatic N) is 2. The van der Waals surface area contributed by atoms with E-state index in [2.05, 4.69) is 15.0 Å². The van der Waals surface area contributed by atoms with Gasteiger partial charge in [0, 0.05) is 36.8 Å². The molecule has 3 aromatic rings. The van der Waals surface area contributed by atoms with Gasteiger partial charge in [-0.15, -0.1) is 0 Å². The first-order valence-corrected chi connectivity index (χ1v) is 11.9. The number of rotatable bonds is 9. The molecular formula is C21H20FIN3O6S-. The third-order valence-electron chi connectivity index (χ3n) is 4.81. The minimum absolute atomic E-state index is 0.0633. The third kappa shape index (κ3) is 5.68. The van der Waals surface area contributed by atoms with E-state index in [-0.39, 0.29) is 41.8 Å². The summed E-state index contributed by atoms with van der Waals surface area (Å²) in [5.74, 6) is -0.905. The average molecular weight is 588 g/mol. The van der Waals surface area contributed by atoms with Crippen molar-refractivity contribution in [2.45, 2.75) is 19.3 Å². The molecule has 1 aromatic carbocycles. The lowest BCUT2D eigenvalue weighted by Gasteiger charge is -2.26. The van der Waals surface area contributed by atoms with E-state index in [1.54, 1.807) is 6.07 Å². The lowest BCUT2D eigenvalue weighted by atomic mass is 10.1. The zero-order valence-corrected chi connectivity index (χ0v) is 20.7. The molecule has 0 aliphatic heterocycles. The van der Waals surface area contributed by atoms with Crippen LogP contribution in [-0.2, 0) is 20.8 Å².